The molecule has 0 aliphatic heterocycles. The van der Waals surface area contributed by atoms with Crippen LogP contribution in [-0.2, 0) is 118 Å². The molecule has 0 aliphatic rings. The van der Waals surface area contributed by atoms with E-state index in [0.29, 0.717) is 5.65 Å². The minimum absolute atomic E-state index is 0.0221. The van der Waals surface area contributed by atoms with Crippen LogP contribution in [0.5, 0.6) is 0 Å². The summed E-state index contributed by atoms with van der Waals surface area (Å²) in [5.74, 6) is 0.412. The number of anilines is 3. The topological polar surface area (TPSA) is 490 Å². The van der Waals surface area contributed by atoms with Gasteiger partial charge in [-0.1, -0.05) is 0 Å². The predicted molar refractivity (Wildman–Crippen MR) is 335 cm³/mol. The standard InChI is InChI=1S/C53H80N15O27P3/c1-31(2)91-49(69)78-23-86-96(74,75)28-83-36(11)14-66-20-60-39-42(54-17-57-45(39)66)63-48(64-43-40-46(58-18-55-43)67(21-61-40)15-37(12)84-29-97(76,87-24-79-50(70)92-32(3)4)88-25-80-51(71)93-33(5)6)65-44-41-47(59-19-56-44)68(22-62-41)16-38(13)85-30-98(77,89-26-81-52(72)94-34(7)8)90-27-82-53(73)95-35(9)10/h17-22,31-38,48H,14-16,23-30H2,1-13H3,(H,74,75)(H,54,57,63)(H,55,58,64)(H,56,59,65)/t36-,37-,38-/m1/s1. The third-order valence-electron chi connectivity index (χ3n) is 11.8. The molecule has 6 rings (SSSR count). The number of hydrogen-bond acceptors (Lipinski definition) is 38. The van der Waals surface area contributed by atoms with Gasteiger partial charge < -0.3 is 96.1 Å². The van der Waals surface area contributed by atoms with E-state index < -0.39 is 162 Å². The molecular weight excluding hydrogens is 1370 g/mol. The number of hydrogen-bond donors (Lipinski definition) is 4. The molecule has 98 heavy (non-hydrogen) atoms. The van der Waals surface area contributed by atoms with Crippen molar-refractivity contribution in [3.05, 3.63) is 38.0 Å². The highest BCUT2D eigenvalue weighted by Gasteiger charge is 2.32. The summed E-state index contributed by atoms with van der Waals surface area (Å²) in [6.45, 7) is 16.5. The number of carbonyl (C=O) groups excluding carboxylic acids is 5. The molecule has 0 saturated carbocycles. The van der Waals surface area contributed by atoms with Gasteiger partial charge in [-0.15, -0.1) is 0 Å². The zero-order chi connectivity index (χ0) is 71.7. The lowest BCUT2D eigenvalue weighted by molar-refractivity contribution is -0.0390. The van der Waals surface area contributed by atoms with Gasteiger partial charge in [0.1, 0.15) is 38.0 Å². The summed E-state index contributed by atoms with van der Waals surface area (Å²) >= 11 is 0. The molecule has 0 aliphatic carbocycles. The van der Waals surface area contributed by atoms with Crippen molar-refractivity contribution in [1.82, 2.24) is 58.6 Å². The first kappa shape index (κ1) is 78.7. The molecule has 4 atom stereocenters. The average molecular weight is 1450 g/mol. The highest BCUT2D eigenvalue weighted by Crippen LogP contribution is 2.49. The van der Waals surface area contributed by atoms with Gasteiger partial charge in [0.05, 0.1) is 87.4 Å². The fourth-order valence-electron chi connectivity index (χ4n) is 7.69. The van der Waals surface area contributed by atoms with Gasteiger partial charge in [0.25, 0.3) is 0 Å². The Labute approximate surface area is 559 Å². The summed E-state index contributed by atoms with van der Waals surface area (Å²) in [5, 5.41) is 9.82. The van der Waals surface area contributed by atoms with Crippen molar-refractivity contribution >= 4 is 105 Å². The lowest BCUT2D eigenvalue weighted by Crippen LogP contribution is -2.38. The van der Waals surface area contributed by atoms with Gasteiger partial charge >= 0.3 is 53.6 Å². The number of nitrogens with zero attached hydrogens (tertiary/aromatic N) is 12. The average Bonchev–Trinajstić information content (AvgIpc) is 1.63. The van der Waals surface area contributed by atoms with E-state index in [4.69, 9.17) is 84.2 Å². The molecule has 6 aromatic heterocycles. The third-order valence-corrected chi connectivity index (χ3v) is 15.7. The maximum Gasteiger partial charge on any atom is 0.510 e. The molecule has 6 heterocycles. The molecular formula is C53H80N15O27P3. The summed E-state index contributed by atoms with van der Waals surface area (Å²) in [6.07, 6.45) is -5.77. The Kier molecular flexibility index (Phi) is 30.2. The van der Waals surface area contributed by atoms with Crippen LogP contribution in [0.15, 0.2) is 38.0 Å². The number of imidazole rings is 3. The van der Waals surface area contributed by atoms with E-state index in [9.17, 15) is 42.6 Å². The Morgan fingerprint density at radius 2 is 0.643 bits per heavy atom. The van der Waals surface area contributed by atoms with E-state index in [1.54, 1.807) is 104 Å². The zero-order valence-corrected chi connectivity index (χ0v) is 58.4. The fourth-order valence-corrected chi connectivity index (χ4v) is 10.6. The fraction of sp³-hybridized carbons (Fsp3) is 0.623. The Morgan fingerprint density at radius 1 is 0.388 bits per heavy atom. The van der Waals surface area contributed by atoms with Crippen molar-refractivity contribution in [3.8, 4) is 0 Å². The minimum atomic E-state index is -4.41. The molecule has 42 nitrogen and oxygen atoms in total. The van der Waals surface area contributed by atoms with Crippen molar-refractivity contribution in [2.24, 2.45) is 0 Å². The van der Waals surface area contributed by atoms with Crippen LogP contribution in [0.4, 0.5) is 41.4 Å². The van der Waals surface area contributed by atoms with Gasteiger partial charge in [0.15, 0.2) is 57.2 Å². The van der Waals surface area contributed by atoms with Crippen LogP contribution in [0.25, 0.3) is 33.5 Å². The summed E-state index contributed by atoms with van der Waals surface area (Å²) in [6, 6.07) is 0. The van der Waals surface area contributed by atoms with E-state index in [2.05, 4.69) is 60.8 Å². The molecule has 544 valence electrons. The normalized spacial score (nSPS) is 13.6. The van der Waals surface area contributed by atoms with Crippen LogP contribution in [0.1, 0.15) is 90.0 Å². The maximum atomic E-state index is 13.9. The lowest BCUT2D eigenvalue weighted by Gasteiger charge is -2.23. The van der Waals surface area contributed by atoms with Gasteiger partial charge in [-0.2, -0.15) is 0 Å². The van der Waals surface area contributed by atoms with Crippen molar-refractivity contribution in [3.63, 3.8) is 0 Å². The predicted octanol–water partition coefficient (Wildman–Crippen LogP) is 8.36. The molecule has 0 fully saturated rings. The van der Waals surface area contributed by atoms with Crippen molar-refractivity contribution in [1.29, 1.82) is 0 Å². The van der Waals surface area contributed by atoms with Crippen molar-refractivity contribution < 1.29 is 127 Å². The quantitative estimate of drug-likeness (QED) is 0.0121. The molecule has 0 aromatic carbocycles. The number of aromatic nitrogens is 12. The molecule has 6 aromatic rings. The monoisotopic (exact) mass is 1450 g/mol. The number of fused-ring (bicyclic) bond motifs is 3. The van der Waals surface area contributed by atoms with Crippen molar-refractivity contribution in [2.75, 3.05) is 69.0 Å². The first-order chi connectivity index (χ1) is 46.4. The van der Waals surface area contributed by atoms with Crippen molar-refractivity contribution in [2.45, 2.75) is 165 Å². The first-order valence-electron chi connectivity index (χ1n) is 29.9. The van der Waals surface area contributed by atoms with Gasteiger partial charge in [0, 0.05) is 0 Å². The van der Waals surface area contributed by atoms with Gasteiger partial charge in [-0.05, 0) is 90.0 Å². The van der Waals surface area contributed by atoms with E-state index in [1.165, 1.54) is 38.0 Å². The highest BCUT2D eigenvalue weighted by atomic mass is 31.2. The largest absolute Gasteiger partial charge is 0.510 e. The van der Waals surface area contributed by atoms with Crippen LogP contribution >= 0.6 is 22.8 Å². The summed E-state index contributed by atoms with van der Waals surface area (Å²) < 4.78 is 138. The summed E-state index contributed by atoms with van der Waals surface area (Å²) in [5.41, 5.74) is 1.52. The number of rotatable bonds is 41. The van der Waals surface area contributed by atoms with E-state index in [1.807, 2.05) is 0 Å². The Morgan fingerprint density at radius 3 is 0.908 bits per heavy atom. The first-order valence-corrected chi connectivity index (χ1v) is 35.1. The molecule has 0 radical (unpaired) electrons. The molecule has 0 spiro atoms. The molecule has 0 amide bonds. The van der Waals surface area contributed by atoms with Crippen LogP contribution in [-0.4, -0.2) is 202 Å². The van der Waals surface area contributed by atoms with E-state index >= 15 is 0 Å². The molecule has 45 heteroatoms. The Hall–Kier alpha value is -8.27. The maximum absolute atomic E-state index is 13.9. The van der Waals surface area contributed by atoms with Crippen LogP contribution in [0.2, 0.25) is 0 Å². The van der Waals surface area contributed by atoms with Gasteiger partial charge in [-0.3, -0.25) is 36.3 Å². The third kappa shape index (κ3) is 26.5. The van der Waals surface area contributed by atoms with E-state index in [-0.39, 0.29) is 64.9 Å². The zero-order valence-electron chi connectivity index (χ0n) is 55.7. The second-order valence-electron chi connectivity index (χ2n) is 22.0. The summed E-state index contributed by atoms with van der Waals surface area (Å²) in [7, 11) is -13.1. The van der Waals surface area contributed by atoms with Gasteiger partial charge in [-0.25, -0.2) is 68.8 Å². The smallest absolute Gasteiger partial charge is 0.432 e. The molecule has 4 N–H and O–H groups in total. The Balaban J connectivity index is 1.23. The Bertz CT molecular complexity index is 3500. The van der Waals surface area contributed by atoms with Gasteiger partial charge in [0.2, 0.25) is 34.0 Å². The van der Waals surface area contributed by atoms with Crippen LogP contribution in [0.3, 0.4) is 0 Å². The number of carbonyl (C=O) groups is 5. The molecule has 0 saturated heterocycles. The lowest BCUT2D eigenvalue weighted by atomic mass is 10.4. The molecule has 1 unspecified atom stereocenters. The van der Waals surface area contributed by atoms with Crippen LogP contribution in [0, 0.1) is 0 Å². The second-order valence-corrected chi connectivity index (χ2v) is 27.7. The summed E-state index contributed by atoms with van der Waals surface area (Å²) in [4.78, 5) is 111. The minimum Gasteiger partial charge on any atom is -0.432 e. The molecule has 0 bridgehead atoms. The number of ether oxygens (including phenoxy) is 13. The van der Waals surface area contributed by atoms with Crippen LogP contribution < -0.4 is 16.0 Å². The van der Waals surface area contributed by atoms with E-state index in [0.717, 1.165) is 0 Å². The SMILES string of the molecule is CC(C)OC(=O)OCOP(=O)(O)CO[C@H](C)Cn1cnc2c(NC(Nc3ncnc4c3ncn4C[C@@H](C)OCP(=O)(OCOC(=O)OC(C)C)OCOC(=O)OC(C)C)Nc3ncnc4c3ncn4C[C@@H](C)OCP(=O)(OCOC(=O)OC(C)C)OCOC(=O)OC(C)C)ncnc21. The number of nitrogens with one attached hydrogen (secondary N) is 3. The second kappa shape index (κ2) is 37.6. The highest BCUT2D eigenvalue weighted by molar-refractivity contribution is 7.54.